The highest BCUT2D eigenvalue weighted by molar-refractivity contribution is 5.95. The SMILES string of the molecule is COC(N)=N[C@](C)(c1ccc(F)cc1)c1cccc(CC(=O)c2ccc(C#N)cn2)c1. The molecule has 0 aliphatic rings. The summed E-state index contributed by atoms with van der Waals surface area (Å²) in [5, 5.41) is 8.87. The Morgan fingerprint density at radius 2 is 1.94 bits per heavy atom. The van der Waals surface area contributed by atoms with Crippen molar-refractivity contribution in [2.24, 2.45) is 10.7 Å². The molecule has 0 spiro atoms. The van der Waals surface area contributed by atoms with E-state index in [4.69, 9.17) is 15.7 Å². The maximum atomic E-state index is 13.5. The van der Waals surface area contributed by atoms with Crippen LogP contribution in [0, 0.1) is 17.1 Å². The zero-order chi connectivity index (χ0) is 22.4. The van der Waals surface area contributed by atoms with Crippen molar-refractivity contribution in [3.05, 3.63) is 101 Å². The first-order chi connectivity index (χ1) is 14.9. The second-order valence-electron chi connectivity index (χ2n) is 7.08. The van der Waals surface area contributed by atoms with Crippen LogP contribution in [0.1, 0.15) is 39.7 Å². The number of aliphatic imine (C=N–C) groups is 1. The molecule has 3 aromatic rings. The molecule has 2 N–H and O–H groups in total. The molecule has 0 aliphatic carbocycles. The molecule has 1 aromatic heterocycles. The van der Waals surface area contributed by atoms with Crippen LogP contribution in [-0.4, -0.2) is 23.9 Å². The molecule has 156 valence electrons. The van der Waals surface area contributed by atoms with E-state index >= 15 is 0 Å². The molecule has 3 rings (SSSR count). The van der Waals surface area contributed by atoms with Crippen molar-refractivity contribution >= 4 is 11.8 Å². The predicted octanol–water partition coefficient (Wildman–Crippen LogP) is 3.74. The summed E-state index contributed by atoms with van der Waals surface area (Å²) in [4.78, 5) is 21.2. The Balaban J connectivity index is 1.96. The van der Waals surface area contributed by atoms with E-state index in [1.54, 1.807) is 18.2 Å². The number of Topliss-reactive ketones (excluding diaryl/α,β-unsaturated/α-hetero) is 1. The van der Waals surface area contributed by atoms with Gasteiger partial charge in [0.05, 0.1) is 12.7 Å². The Morgan fingerprint density at radius 1 is 1.19 bits per heavy atom. The second kappa shape index (κ2) is 9.18. The highest BCUT2D eigenvalue weighted by Gasteiger charge is 2.30. The van der Waals surface area contributed by atoms with Gasteiger partial charge in [0.1, 0.15) is 23.1 Å². The average molecular weight is 416 g/mol. The zero-order valence-corrected chi connectivity index (χ0v) is 17.2. The molecule has 1 atom stereocenters. The van der Waals surface area contributed by atoms with Crippen molar-refractivity contribution in [1.29, 1.82) is 5.26 Å². The number of rotatable bonds is 6. The maximum Gasteiger partial charge on any atom is 0.282 e. The Kier molecular flexibility index (Phi) is 6.41. The number of carbonyl (C=O) groups excluding carboxylic acids is 1. The fourth-order valence-corrected chi connectivity index (χ4v) is 3.22. The normalized spacial score (nSPS) is 13.2. The number of halogens is 1. The van der Waals surface area contributed by atoms with E-state index in [1.165, 1.54) is 31.5 Å². The number of nitriles is 1. The standard InChI is InChI=1S/C24H21FN4O2/c1-24(29-23(27)31-2,18-7-9-20(25)10-8-18)19-5-3-4-16(12-19)13-22(30)21-11-6-17(14-26)15-28-21/h3-12,15H,13H2,1-2H3,(H2,27,29)/t24-/m1/s1. The Labute approximate surface area is 179 Å². The lowest BCUT2D eigenvalue weighted by atomic mass is 9.84. The zero-order valence-electron chi connectivity index (χ0n) is 17.2. The van der Waals surface area contributed by atoms with Gasteiger partial charge in [-0.3, -0.25) is 9.78 Å². The van der Waals surface area contributed by atoms with Gasteiger partial charge >= 0.3 is 0 Å². The average Bonchev–Trinajstić information content (AvgIpc) is 2.79. The lowest BCUT2D eigenvalue weighted by Crippen LogP contribution is -2.27. The molecular weight excluding hydrogens is 395 g/mol. The quantitative estimate of drug-likeness (QED) is 0.375. The van der Waals surface area contributed by atoms with Crippen molar-refractivity contribution < 1.29 is 13.9 Å². The summed E-state index contributed by atoms with van der Waals surface area (Å²) >= 11 is 0. The number of hydrogen-bond donors (Lipinski definition) is 1. The van der Waals surface area contributed by atoms with E-state index in [-0.39, 0.29) is 29.7 Å². The summed E-state index contributed by atoms with van der Waals surface area (Å²) in [5.74, 6) is -0.533. The van der Waals surface area contributed by atoms with Gasteiger partial charge in [-0.25, -0.2) is 9.38 Å². The van der Waals surface area contributed by atoms with Crippen LogP contribution in [-0.2, 0) is 16.7 Å². The summed E-state index contributed by atoms with van der Waals surface area (Å²) in [6.07, 6.45) is 1.49. The molecule has 0 unspecified atom stereocenters. The summed E-state index contributed by atoms with van der Waals surface area (Å²) < 4.78 is 18.5. The monoisotopic (exact) mass is 416 g/mol. The fourth-order valence-electron chi connectivity index (χ4n) is 3.22. The van der Waals surface area contributed by atoms with Gasteiger partial charge in [-0.05, 0) is 47.9 Å². The topological polar surface area (TPSA) is 101 Å². The van der Waals surface area contributed by atoms with Crippen LogP contribution in [0.15, 0.2) is 71.9 Å². The highest BCUT2D eigenvalue weighted by Crippen LogP contribution is 2.34. The van der Waals surface area contributed by atoms with E-state index in [0.29, 0.717) is 11.1 Å². The smallest absolute Gasteiger partial charge is 0.282 e. The predicted molar refractivity (Wildman–Crippen MR) is 115 cm³/mol. The number of methoxy groups -OCH3 is 1. The lowest BCUT2D eigenvalue weighted by Gasteiger charge is -2.27. The summed E-state index contributed by atoms with van der Waals surface area (Å²) in [7, 11) is 1.42. The highest BCUT2D eigenvalue weighted by atomic mass is 19.1. The summed E-state index contributed by atoms with van der Waals surface area (Å²) in [6.45, 7) is 1.84. The van der Waals surface area contributed by atoms with E-state index in [2.05, 4.69) is 9.98 Å². The van der Waals surface area contributed by atoms with E-state index < -0.39 is 5.54 Å². The molecule has 0 bridgehead atoms. The van der Waals surface area contributed by atoms with Crippen molar-refractivity contribution in [2.75, 3.05) is 7.11 Å². The molecule has 1 heterocycles. The number of amidine groups is 1. The number of benzene rings is 2. The molecule has 0 saturated carbocycles. The van der Waals surface area contributed by atoms with Gasteiger partial charge in [-0.15, -0.1) is 0 Å². The number of ketones is 1. The third-order valence-corrected chi connectivity index (χ3v) is 4.98. The molecule has 0 saturated heterocycles. The molecule has 31 heavy (non-hydrogen) atoms. The van der Waals surface area contributed by atoms with Crippen LogP contribution in [0.3, 0.4) is 0 Å². The van der Waals surface area contributed by atoms with Crippen molar-refractivity contribution in [3.8, 4) is 6.07 Å². The number of ether oxygens (including phenoxy) is 1. The summed E-state index contributed by atoms with van der Waals surface area (Å²) in [5.41, 5.74) is 7.80. The van der Waals surface area contributed by atoms with Crippen molar-refractivity contribution in [1.82, 2.24) is 4.98 Å². The lowest BCUT2D eigenvalue weighted by molar-refractivity contribution is 0.0988. The van der Waals surface area contributed by atoms with Gasteiger partial charge in [-0.1, -0.05) is 36.4 Å². The third kappa shape index (κ3) is 4.93. The molecular formula is C24H21FN4O2. The van der Waals surface area contributed by atoms with E-state index in [1.807, 2.05) is 37.3 Å². The number of carbonyl (C=O) groups is 1. The Morgan fingerprint density at radius 3 is 2.55 bits per heavy atom. The summed E-state index contributed by atoms with van der Waals surface area (Å²) in [6, 6.07) is 18.4. The first kappa shape index (κ1) is 21.7. The van der Waals surface area contributed by atoms with Gasteiger partial charge < -0.3 is 10.5 Å². The van der Waals surface area contributed by atoms with Crippen LogP contribution in [0.25, 0.3) is 0 Å². The minimum atomic E-state index is -0.959. The number of hydrogen-bond acceptors (Lipinski definition) is 5. The molecule has 0 aliphatic heterocycles. The molecule has 0 amide bonds. The first-order valence-corrected chi connectivity index (χ1v) is 9.50. The van der Waals surface area contributed by atoms with Gasteiger partial charge in [0.15, 0.2) is 5.78 Å². The van der Waals surface area contributed by atoms with Crippen LogP contribution >= 0.6 is 0 Å². The van der Waals surface area contributed by atoms with E-state index in [9.17, 15) is 9.18 Å². The van der Waals surface area contributed by atoms with E-state index in [0.717, 1.165) is 11.1 Å². The molecule has 6 nitrogen and oxygen atoms in total. The van der Waals surface area contributed by atoms with Crippen LogP contribution in [0.2, 0.25) is 0 Å². The number of nitrogens with zero attached hydrogens (tertiary/aromatic N) is 3. The second-order valence-corrected chi connectivity index (χ2v) is 7.08. The minimum Gasteiger partial charge on any atom is -0.469 e. The minimum absolute atomic E-state index is 0.0184. The molecule has 0 radical (unpaired) electrons. The van der Waals surface area contributed by atoms with Crippen molar-refractivity contribution in [2.45, 2.75) is 18.9 Å². The number of aromatic nitrogens is 1. The van der Waals surface area contributed by atoms with Gasteiger partial charge in [0.2, 0.25) is 0 Å². The maximum absolute atomic E-state index is 13.5. The number of nitrogens with two attached hydrogens (primary N) is 1. The van der Waals surface area contributed by atoms with Gasteiger partial charge in [-0.2, -0.15) is 5.26 Å². The van der Waals surface area contributed by atoms with Crippen LogP contribution < -0.4 is 5.73 Å². The Bertz CT molecular complexity index is 1150. The Hall–Kier alpha value is -4.05. The fraction of sp³-hybridized carbons (Fsp3) is 0.167. The van der Waals surface area contributed by atoms with Crippen LogP contribution in [0.4, 0.5) is 4.39 Å². The van der Waals surface area contributed by atoms with Gasteiger partial charge in [0.25, 0.3) is 6.02 Å². The molecule has 7 heteroatoms. The molecule has 0 fully saturated rings. The number of pyridine rings is 1. The largest absolute Gasteiger partial charge is 0.469 e. The van der Waals surface area contributed by atoms with Crippen LogP contribution in [0.5, 0.6) is 0 Å². The molecule has 2 aromatic carbocycles. The van der Waals surface area contributed by atoms with Gasteiger partial charge in [0, 0.05) is 12.6 Å². The van der Waals surface area contributed by atoms with Crippen molar-refractivity contribution in [3.63, 3.8) is 0 Å². The third-order valence-electron chi connectivity index (χ3n) is 4.98. The first-order valence-electron chi connectivity index (χ1n) is 9.50.